The Labute approximate surface area is 239 Å². The maximum absolute atomic E-state index is 5.03. The second kappa shape index (κ2) is 12.0. The van der Waals surface area contributed by atoms with Gasteiger partial charge in [0, 0.05) is 35.6 Å². The van der Waals surface area contributed by atoms with E-state index in [1.54, 1.807) is 0 Å². The van der Waals surface area contributed by atoms with Crippen molar-refractivity contribution in [3.05, 3.63) is 108 Å². The maximum Gasteiger partial charge on any atom is 0.0494 e. The fraction of sp³-hybridized carbons (Fsp3) is 0.263. The molecule has 0 aliphatic heterocycles. The first-order chi connectivity index (χ1) is 19.3. The van der Waals surface area contributed by atoms with Crippen LogP contribution in [0, 0.1) is 11.8 Å². The summed E-state index contributed by atoms with van der Waals surface area (Å²) in [6.45, 7) is 13.3. The van der Waals surface area contributed by atoms with Crippen molar-refractivity contribution in [2.75, 3.05) is 0 Å². The van der Waals surface area contributed by atoms with Gasteiger partial charge in [0.2, 0.25) is 0 Å². The first-order valence-corrected chi connectivity index (χ1v) is 14.5. The van der Waals surface area contributed by atoms with Crippen LogP contribution in [0.25, 0.3) is 43.8 Å². The van der Waals surface area contributed by atoms with Gasteiger partial charge in [-0.3, -0.25) is 9.98 Å². The molecule has 40 heavy (non-hydrogen) atoms. The zero-order chi connectivity index (χ0) is 28.2. The van der Waals surface area contributed by atoms with Crippen LogP contribution < -0.4 is 0 Å². The van der Waals surface area contributed by atoms with Crippen LogP contribution in [0.15, 0.2) is 107 Å². The molecule has 0 aromatic heterocycles. The van der Waals surface area contributed by atoms with E-state index >= 15 is 0 Å². The Kier molecular flexibility index (Phi) is 8.26. The smallest absolute Gasteiger partial charge is 0.0494 e. The Balaban J connectivity index is 1.82. The van der Waals surface area contributed by atoms with Crippen molar-refractivity contribution in [2.45, 2.75) is 53.6 Å². The molecule has 2 nitrogen and oxygen atoms in total. The largest absolute Gasteiger partial charge is 0.289 e. The molecule has 0 aliphatic carbocycles. The summed E-state index contributed by atoms with van der Waals surface area (Å²) in [5.41, 5.74) is 7.04. The number of fused-ring (bicyclic) bond motifs is 2. The summed E-state index contributed by atoms with van der Waals surface area (Å²) in [4.78, 5) is 10.1. The van der Waals surface area contributed by atoms with Crippen LogP contribution in [0.2, 0.25) is 0 Å². The fourth-order valence-electron chi connectivity index (χ4n) is 4.97. The molecule has 0 amide bonds. The summed E-state index contributed by atoms with van der Waals surface area (Å²) >= 11 is 0. The Morgan fingerprint density at radius 1 is 0.450 bits per heavy atom. The lowest BCUT2D eigenvalue weighted by molar-refractivity contribution is 0.533. The van der Waals surface area contributed by atoms with E-state index in [-0.39, 0.29) is 12.1 Å². The summed E-state index contributed by atoms with van der Waals surface area (Å²) in [5.74, 6) is 0.942. The van der Waals surface area contributed by atoms with Crippen molar-refractivity contribution in [2.24, 2.45) is 21.8 Å². The summed E-state index contributed by atoms with van der Waals surface area (Å²) in [7, 11) is 0. The molecular formula is C38H40N2. The van der Waals surface area contributed by atoms with E-state index in [1.165, 1.54) is 43.8 Å². The van der Waals surface area contributed by atoms with E-state index in [0.717, 1.165) is 11.1 Å². The maximum atomic E-state index is 5.03. The molecule has 0 heterocycles. The predicted molar refractivity (Wildman–Crippen MR) is 176 cm³/mol. The molecule has 2 heteroatoms. The molecular weight excluding hydrogens is 484 g/mol. The van der Waals surface area contributed by atoms with Crippen LogP contribution in [0.4, 0.5) is 0 Å². The Morgan fingerprint density at radius 2 is 0.825 bits per heavy atom. The van der Waals surface area contributed by atoms with Gasteiger partial charge in [-0.2, -0.15) is 0 Å². The molecule has 0 spiro atoms. The average molecular weight is 525 g/mol. The summed E-state index contributed by atoms with van der Waals surface area (Å²) in [6, 6.07) is 35.5. The molecule has 0 unspecified atom stereocenters. The van der Waals surface area contributed by atoms with Crippen molar-refractivity contribution in [3.63, 3.8) is 0 Å². The summed E-state index contributed by atoms with van der Waals surface area (Å²) < 4.78 is 0. The van der Waals surface area contributed by atoms with Crippen molar-refractivity contribution in [3.8, 4) is 22.3 Å². The van der Waals surface area contributed by atoms with Crippen LogP contribution in [-0.2, 0) is 0 Å². The van der Waals surface area contributed by atoms with Crippen LogP contribution >= 0.6 is 0 Å². The van der Waals surface area contributed by atoms with Crippen LogP contribution in [0.3, 0.4) is 0 Å². The topological polar surface area (TPSA) is 24.7 Å². The van der Waals surface area contributed by atoms with E-state index in [1.807, 2.05) is 0 Å². The van der Waals surface area contributed by atoms with E-state index in [4.69, 9.17) is 9.98 Å². The molecule has 0 saturated heterocycles. The molecule has 202 valence electrons. The molecule has 0 saturated carbocycles. The zero-order valence-corrected chi connectivity index (χ0v) is 24.6. The SMILES string of the molecule is CC(C)[C@H](C)N=Cc1cc(-c2cccc3ccccc23)c(C=N[C@@H](C)C(C)C)cc1-c1cccc2ccccc12. The lowest BCUT2D eigenvalue weighted by atomic mass is 9.88. The van der Waals surface area contributed by atoms with Crippen LogP contribution in [0.5, 0.6) is 0 Å². The fourth-order valence-corrected chi connectivity index (χ4v) is 4.97. The Bertz CT molecular complexity index is 1550. The third-order valence-electron chi connectivity index (χ3n) is 8.21. The molecule has 0 fully saturated rings. The van der Waals surface area contributed by atoms with Crippen molar-refractivity contribution < 1.29 is 0 Å². The van der Waals surface area contributed by atoms with Crippen molar-refractivity contribution >= 4 is 34.0 Å². The number of hydrogen-bond donors (Lipinski definition) is 0. The molecule has 5 aromatic carbocycles. The third-order valence-corrected chi connectivity index (χ3v) is 8.21. The van der Waals surface area contributed by atoms with Gasteiger partial charge in [-0.05, 0) is 81.6 Å². The second-order valence-electron chi connectivity index (χ2n) is 11.6. The second-order valence-corrected chi connectivity index (χ2v) is 11.6. The highest BCUT2D eigenvalue weighted by molar-refractivity contribution is 6.07. The van der Waals surface area contributed by atoms with Crippen molar-refractivity contribution in [1.82, 2.24) is 0 Å². The number of rotatable bonds is 8. The summed E-state index contributed by atoms with van der Waals surface area (Å²) in [6.07, 6.45) is 4.18. The lowest BCUT2D eigenvalue weighted by Gasteiger charge is -2.18. The highest BCUT2D eigenvalue weighted by Gasteiger charge is 2.16. The monoisotopic (exact) mass is 524 g/mol. The van der Waals surface area contributed by atoms with Gasteiger partial charge in [0.05, 0.1) is 0 Å². The lowest BCUT2D eigenvalue weighted by Crippen LogP contribution is -2.09. The van der Waals surface area contributed by atoms with E-state index in [0.29, 0.717) is 11.8 Å². The molecule has 2 atom stereocenters. The Morgan fingerprint density at radius 3 is 1.23 bits per heavy atom. The number of hydrogen-bond acceptors (Lipinski definition) is 2. The van der Waals surface area contributed by atoms with Crippen LogP contribution in [0.1, 0.15) is 52.7 Å². The van der Waals surface area contributed by atoms with Crippen LogP contribution in [-0.4, -0.2) is 24.5 Å². The number of nitrogens with zero attached hydrogens (tertiary/aromatic N) is 2. The highest BCUT2D eigenvalue weighted by Crippen LogP contribution is 2.37. The van der Waals surface area contributed by atoms with Gasteiger partial charge in [-0.25, -0.2) is 0 Å². The minimum atomic E-state index is 0.231. The molecule has 0 N–H and O–H groups in total. The summed E-state index contributed by atoms with van der Waals surface area (Å²) in [5, 5.41) is 4.96. The minimum absolute atomic E-state index is 0.231. The highest BCUT2D eigenvalue weighted by atomic mass is 14.8. The van der Waals surface area contributed by atoms with E-state index in [9.17, 15) is 0 Å². The van der Waals surface area contributed by atoms with E-state index in [2.05, 4.69) is 151 Å². The van der Waals surface area contributed by atoms with Gasteiger partial charge in [-0.1, -0.05) is 113 Å². The average Bonchev–Trinajstić information content (AvgIpc) is 2.97. The third kappa shape index (κ3) is 5.77. The standard InChI is InChI=1S/C38H40N2/c1-25(2)27(5)39-23-31-21-38(36-20-12-16-30-14-8-10-18-34(30)36)32(24-40-28(6)26(3)4)22-37(31)35-19-11-15-29-13-7-9-17-33(29)35/h7-28H,1-6H3/t27-,28-/m0/s1. The minimum Gasteiger partial charge on any atom is -0.289 e. The first kappa shape index (κ1) is 27.5. The van der Waals surface area contributed by atoms with E-state index < -0.39 is 0 Å². The molecule has 0 bridgehead atoms. The van der Waals surface area contributed by atoms with Crippen molar-refractivity contribution in [1.29, 1.82) is 0 Å². The number of aliphatic imine (C=N–C) groups is 2. The van der Waals surface area contributed by atoms with Gasteiger partial charge in [0.25, 0.3) is 0 Å². The molecule has 5 rings (SSSR count). The zero-order valence-electron chi connectivity index (χ0n) is 24.6. The molecule has 0 radical (unpaired) electrons. The Hall–Kier alpha value is -4.04. The first-order valence-electron chi connectivity index (χ1n) is 14.5. The molecule has 0 aliphatic rings. The van der Waals surface area contributed by atoms with Gasteiger partial charge < -0.3 is 0 Å². The van der Waals surface area contributed by atoms with Gasteiger partial charge in [-0.15, -0.1) is 0 Å². The van der Waals surface area contributed by atoms with Gasteiger partial charge in [0.15, 0.2) is 0 Å². The normalized spacial score (nSPS) is 13.8. The van der Waals surface area contributed by atoms with Gasteiger partial charge in [0.1, 0.15) is 0 Å². The quantitative estimate of drug-likeness (QED) is 0.180. The number of benzene rings is 5. The van der Waals surface area contributed by atoms with Gasteiger partial charge >= 0.3 is 0 Å². The molecule has 5 aromatic rings. The predicted octanol–water partition coefficient (Wildman–Crippen LogP) is 10.3.